The van der Waals surface area contributed by atoms with Crippen LogP contribution in [0.25, 0.3) is 0 Å². The van der Waals surface area contributed by atoms with E-state index in [-0.39, 0.29) is 24.1 Å². The van der Waals surface area contributed by atoms with Crippen LogP contribution in [0.3, 0.4) is 0 Å². The second-order valence-electron chi connectivity index (χ2n) is 8.62. The van der Waals surface area contributed by atoms with E-state index >= 15 is 0 Å². The molecular formula is C24H46O3. The summed E-state index contributed by atoms with van der Waals surface area (Å²) in [5.74, 6) is -0.0534. The Kier molecular flexibility index (Phi) is 14.9. The van der Waals surface area contributed by atoms with E-state index < -0.39 is 0 Å². The molecule has 0 aliphatic carbocycles. The van der Waals surface area contributed by atoms with Crippen LogP contribution >= 0.6 is 0 Å². The van der Waals surface area contributed by atoms with Gasteiger partial charge in [-0.15, -0.1) is 0 Å². The van der Waals surface area contributed by atoms with Crippen LogP contribution in [0.15, 0.2) is 0 Å². The number of aliphatic hydroxyl groups is 1. The monoisotopic (exact) mass is 382 g/mol. The SMILES string of the molecule is CCCCCCCCCCCCCCCCCC(O)C[C@@H]1OC(=O)[C@H]1CC. The molecule has 1 aliphatic rings. The third-order valence-corrected chi connectivity index (χ3v) is 6.10. The maximum Gasteiger partial charge on any atom is 0.313 e. The summed E-state index contributed by atoms with van der Waals surface area (Å²) in [5, 5.41) is 10.1. The molecule has 3 nitrogen and oxygen atoms in total. The summed E-state index contributed by atoms with van der Waals surface area (Å²) in [6.07, 6.45) is 22.4. The van der Waals surface area contributed by atoms with Gasteiger partial charge in [0, 0.05) is 6.42 Å². The van der Waals surface area contributed by atoms with Gasteiger partial charge in [0.1, 0.15) is 6.10 Å². The highest BCUT2D eigenvalue weighted by molar-refractivity contribution is 5.78. The molecule has 0 amide bonds. The minimum atomic E-state index is -0.306. The lowest BCUT2D eigenvalue weighted by Crippen LogP contribution is -2.46. The van der Waals surface area contributed by atoms with Crippen molar-refractivity contribution in [2.24, 2.45) is 5.92 Å². The number of unbranched alkanes of at least 4 members (excludes halogenated alkanes) is 14. The van der Waals surface area contributed by atoms with Crippen molar-refractivity contribution in [3.05, 3.63) is 0 Å². The number of aliphatic hydroxyl groups excluding tert-OH is 1. The van der Waals surface area contributed by atoms with E-state index in [0.29, 0.717) is 6.42 Å². The molecule has 1 aliphatic heterocycles. The molecule has 1 saturated heterocycles. The number of hydrogen-bond donors (Lipinski definition) is 1. The largest absolute Gasteiger partial charge is 0.461 e. The van der Waals surface area contributed by atoms with Crippen molar-refractivity contribution in [2.75, 3.05) is 0 Å². The first kappa shape index (κ1) is 24.5. The third kappa shape index (κ3) is 11.8. The van der Waals surface area contributed by atoms with Gasteiger partial charge in [0.15, 0.2) is 0 Å². The molecule has 0 aromatic heterocycles. The molecule has 1 unspecified atom stereocenters. The highest BCUT2D eigenvalue weighted by atomic mass is 16.6. The molecule has 0 bridgehead atoms. The van der Waals surface area contributed by atoms with Crippen LogP contribution in [-0.4, -0.2) is 23.3 Å². The molecule has 0 saturated carbocycles. The Labute approximate surface area is 168 Å². The van der Waals surface area contributed by atoms with Gasteiger partial charge in [0.2, 0.25) is 0 Å². The quantitative estimate of drug-likeness (QED) is 0.194. The summed E-state index contributed by atoms with van der Waals surface area (Å²) in [6.45, 7) is 4.29. The van der Waals surface area contributed by atoms with Crippen LogP contribution in [0.5, 0.6) is 0 Å². The standard InChI is InChI=1S/C24H46O3/c1-3-5-6-7-8-9-10-11-12-13-14-15-16-17-18-19-21(25)20-23-22(4-2)24(26)27-23/h21-23,25H,3-20H2,1-2H3/t21?,22-,23-/m0/s1. The van der Waals surface area contributed by atoms with Gasteiger partial charge in [0.05, 0.1) is 12.0 Å². The Morgan fingerprint density at radius 2 is 1.22 bits per heavy atom. The average molecular weight is 383 g/mol. The lowest BCUT2D eigenvalue weighted by Gasteiger charge is -2.35. The zero-order valence-corrected chi connectivity index (χ0v) is 18.2. The number of ether oxygens (including phenoxy) is 1. The summed E-state index contributed by atoms with van der Waals surface area (Å²) < 4.78 is 5.14. The Bertz CT molecular complexity index is 356. The molecule has 0 aromatic carbocycles. The summed E-state index contributed by atoms with van der Waals surface area (Å²) in [5.41, 5.74) is 0. The molecule has 1 fully saturated rings. The van der Waals surface area contributed by atoms with Gasteiger partial charge in [-0.2, -0.15) is 0 Å². The lowest BCUT2D eigenvalue weighted by molar-refractivity contribution is -0.188. The molecule has 0 spiro atoms. The van der Waals surface area contributed by atoms with E-state index in [1.807, 2.05) is 6.92 Å². The van der Waals surface area contributed by atoms with E-state index in [2.05, 4.69) is 6.92 Å². The number of carbonyl (C=O) groups excluding carboxylic acids is 1. The predicted molar refractivity (Wildman–Crippen MR) is 114 cm³/mol. The molecule has 3 heteroatoms. The lowest BCUT2D eigenvalue weighted by atomic mass is 9.89. The fourth-order valence-electron chi connectivity index (χ4n) is 4.18. The van der Waals surface area contributed by atoms with Gasteiger partial charge in [-0.25, -0.2) is 0 Å². The zero-order chi connectivity index (χ0) is 19.7. The first-order valence-electron chi connectivity index (χ1n) is 12.1. The first-order valence-corrected chi connectivity index (χ1v) is 12.1. The van der Waals surface area contributed by atoms with Gasteiger partial charge in [-0.1, -0.05) is 110 Å². The fraction of sp³-hybridized carbons (Fsp3) is 0.958. The van der Waals surface area contributed by atoms with Crippen molar-refractivity contribution in [3.8, 4) is 0 Å². The highest BCUT2D eigenvalue weighted by Crippen LogP contribution is 2.29. The van der Waals surface area contributed by atoms with E-state index in [1.165, 1.54) is 89.9 Å². The topological polar surface area (TPSA) is 46.5 Å². The summed E-state index contributed by atoms with van der Waals surface area (Å²) in [4.78, 5) is 11.3. The van der Waals surface area contributed by atoms with Crippen LogP contribution in [0, 0.1) is 5.92 Å². The van der Waals surface area contributed by atoms with Gasteiger partial charge >= 0.3 is 5.97 Å². The smallest absolute Gasteiger partial charge is 0.313 e. The molecule has 1 rings (SSSR count). The van der Waals surface area contributed by atoms with Gasteiger partial charge in [-0.05, 0) is 12.8 Å². The molecule has 1 heterocycles. The number of cyclic esters (lactones) is 1. The first-order chi connectivity index (χ1) is 13.2. The van der Waals surface area contributed by atoms with Crippen molar-refractivity contribution >= 4 is 5.97 Å². The van der Waals surface area contributed by atoms with Crippen LogP contribution < -0.4 is 0 Å². The second-order valence-corrected chi connectivity index (χ2v) is 8.62. The van der Waals surface area contributed by atoms with Gasteiger partial charge in [-0.3, -0.25) is 4.79 Å². The summed E-state index contributed by atoms with van der Waals surface area (Å²) in [6, 6.07) is 0. The van der Waals surface area contributed by atoms with Crippen molar-refractivity contribution in [2.45, 2.75) is 142 Å². The average Bonchev–Trinajstić information content (AvgIpc) is 2.64. The Hall–Kier alpha value is -0.570. The van der Waals surface area contributed by atoms with Crippen molar-refractivity contribution in [1.82, 2.24) is 0 Å². The number of esters is 1. The minimum Gasteiger partial charge on any atom is -0.461 e. The summed E-state index contributed by atoms with van der Waals surface area (Å²) >= 11 is 0. The van der Waals surface area contributed by atoms with Gasteiger partial charge in [0.25, 0.3) is 0 Å². The molecule has 0 radical (unpaired) electrons. The van der Waals surface area contributed by atoms with Crippen molar-refractivity contribution < 1.29 is 14.6 Å². The maximum absolute atomic E-state index is 11.3. The highest BCUT2D eigenvalue weighted by Gasteiger charge is 2.41. The van der Waals surface area contributed by atoms with Crippen molar-refractivity contribution in [1.29, 1.82) is 0 Å². The molecule has 160 valence electrons. The summed E-state index contributed by atoms with van der Waals surface area (Å²) in [7, 11) is 0. The molecule has 0 aromatic rings. The van der Waals surface area contributed by atoms with Crippen LogP contribution in [-0.2, 0) is 9.53 Å². The van der Waals surface area contributed by atoms with Crippen LogP contribution in [0.2, 0.25) is 0 Å². The molecule has 27 heavy (non-hydrogen) atoms. The molecule has 1 N–H and O–H groups in total. The molecule has 3 atom stereocenters. The second kappa shape index (κ2) is 16.4. The normalized spacial score (nSPS) is 20.3. The fourth-order valence-corrected chi connectivity index (χ4v) is 4.18. The third-order valence-electron chi connectivity index (χ3n) is 6.10. The van der Waals surface area contributed by atoms with E-state index in [9.17, 15) is 9.90 Å². The van der Waals surface area contributed by atoms with E-state index in [4.69, 9.17) is 4.74 Å². The maximum atomic E-state index is 11.3. The Morgan fingerprint density at radius 3 is 1.63 bits per heavy atom. The van der Waals surface area contributed by atoms with Crippen LogP contribution in [0.4, 0.5) is 0 Å². The number of rotatable bonds is 19. The Balaban J connectivity index is 1.77. The predicted octanol–water partition coefficient (Wildman–Crippen LogP) is 6.95. The minimum absolute atomic E-state index is 0.0284. The Morgan fingerprint density at radius 1 is 0.778 bits per heavy atom. The zero-order valence-electron chi connectivity index (χ0n) is 18.2. The number of carbonyl (C=O) groups is 1. The number of hydrogen-bond acceptors (Lipinski definition) is 3. The van der Waals surface area contributed by atoms with Gasteiger partial charge < -0.3 is 9.84 Å². The molecular weight excluding hydrogens is 336 g/mol. The van der Waals surface area contributed by atoms with Crippen LogP contribution in [0.1, 0.15) is 129 Å². The van der Waals surface area contributed by atoms with E-state index in [0.717, 1.165) is 19.3 Å². The van der Waals surface area contributed by atoms with Crippen molar-refractivity contribution in [3.63, 3.8) is 0 Å². The van der Waals surface area contributed by atoms with E-state index in [1.54, 1.807) is 0 Å².